The number of esters is 1. The van der Waals surface area contributed by atoms with Crippen molar-refractivity contribution >= 4 is 5.97 Å². The molecule has 0 amide bonds. The molecule has 1 aromatic rings. The van der Waals surface area contributed by atoms with E-state index in [1.807, 2.05) is 13.8 Å². The number of pyridine rings is 1. The van der Waals surface area contributed by atoms with Crippen molar-refractivity contribution < 1.29 is 9.53 Å². The Morgan fingerprint density at radius 1 is 1.50 bits per heavy atom. The molecule has 64 valence electrons. The summed E-state index contributed by atoms with van der Waals surface area (Å²) in [6, 6.07) is 1.68. The zero-order chi connectivity index (χ0) is 9.14. The van der Waals surface area contributed by atoms with Gasteiger partial charge in [-0.2, -0.15) is 0 Å². The molecule has 0 aliphatic heterocycles. The van der Waals surface area contributed by atoms with Crippen molar-refractivity contribution in [2.45, 2.75) is 20.8 Å². The summed E-state index contributed by atoms with van der Waals surface area (Å²) in [5.41, 5.74) is 1.79. The van der Waals surface area contributed by atoms with Crippen molar-refractivity contribution in [2.75, 3.05) is 0 Å². The number of hydrogen-bond donors (Lipinski definition) is 0. The first-order valence-corrected chi connectivity index (χ1v) is 3.72. The Morgan fingerprint density at radius 3 is 2.75 bits per heavy atom. The Morgan fingerprint density at radius 2 is 2.17 bits per heavy atom. The van der Waals surface area contributed by atoms with Crippen molar-refractivity contribution in [2.24, 2.45) is 0 Å². The van der Waals surface area contributed by atoms with E-state index in [9.17, 15) is 4.79 Å². The summed E-state index contributed by atoms with van der Waals surface area (Å²) in [6.07, 6.45) is 1.63. The van der Waals surface area contributed by atoms with Gasteiger partial charge in [-0.25, -0.2) is 0 Å². The van der Waals surface area contributed by atoms with E-state index in [2.05, 4.69) is 4.98 Å². The molecule has 0 aromatic carbocycles. The number of carbonyl (C=O) groups is 1. The molecule has 0 spiro atoms. The number of aryl methyl sites for hydroxylation is 1. The average Bonchev–Trinajstić information content (AvgIpc) is 1.98. The van der Waals surface area contributed by atoms with Crippen LogP contribution in [0.25, 0.3) is 0 Å². The van der Waals surface area contributed by atoms with Gasteiger partial charge in [0.25, 0.3) is 0 Å². The van der Waals surface area contributed by atoms with Gasteiger partial charge >= 0.3 is 5.97 Å². The second-order valence-electron chi connectivity index (χ2n) is 2.61. The first-order valence-electron chi connectivity index (χ1n) is 3.72. The molecular formula is C9H11NO2. The van der Waals surface area contributed by atoms with E-state index >= 15 is 0 Å². The van der Waals surface area contributed by atoms with Gasteiger partial charge in [0.15, 0.2) is 0 Å². The lowest BCUT2D eigenvalue weighted by Crippen LogP contribution is -2.03. The van der Waals surface area contributed by atoms with E-state index in [4.69, 9.17) is 4.74 Å². The van der Waals surface area contributed by atoms with Crippen LogP contribution in [0.3, 0.4) is 0 Å². The lowest BCUT2D eigenvalue weighted by Gasteiger charge is -2.05. The predicted molar refractivity (Wildman–Crippen MR) is 45.0 cm³/mol. The van der Waals surface area contributed by atoms with Crippen LogP contribution >= 0.6 is 0 Å². The molecule has 1 aromatic heterocycles. The maximum Gasteiger partial charge on any atom is 0.308 e. The Balaban J connectivity index is 3.00. The van der Waals surface area contributed by atoms with Crippen LogP contribution in [0.2, 0.25) is 0 Å². The summed E-state index contributed by atoms with van der Waals surface area (Å²) in [5, 5.41) is 0. The Bertz CT molecular complexity index is 307. The lowest BCUT2D eigenvalue weighted by molar-refractivity contribution is -0.131. The molecule has 3 nitrogen and oxygen atoms in total. The zero-order valence-electron chi connectivity index (χ0n) is 7.42. The molecule has 0 saturated heterocycles. The van der Waals surface area contributed by atoms with Crippen LogP contribution in [-0.2, 0) is 4.79 Å². The third kappa shape index (κ3) is 1.81. The minimum absolute atomic E-state index is 0.302. The van der Waals surface area contributed by atoms with Crippen molar-refractivity contribution in [3.05, 3.63) is 23.5 Å². The molecule has 0 saturated carbocycles. The standard InChI is InChI=1S/C9H11NO2/c1-6-7(2)10-5-4-9(6)12-8(3)11/h4-5H,1-3H3. The van der Waals surface area contributed by atoms with Gasteiger partial charge in [0.1, 0.15) is 5.75 Å². The van der Waals surface area contributed by atoms with Crippen LogP contribution in [0.15, 0.2) is 12.3 Å². The molecule has 0 N–H and O–H groups in total. The maximum absolute atomic E-state index is 10.6. The molecule has 0 radical (unpaired) electrons. The molecular weight excluding hydrogens is 154 g/mol. The highest BCUT2D eigenvalue weighted by Gasteiger charge is 2.03. The first kappa shape index (κ1) is 8.71. The van der Waals surface area contributed by atoms with Gasteiger partial charge in [-0.1, -0.05) is 0 Å². The lowest BCUT2D eigenvalue weighted by atomic mass is 10.2. The fourth-order valence-electron chi connectivity index (χ4n) is 0.882. The summed E-state index contributed by atoms with van der Waals surface area (Å²) in [5.74, 6) is 0.290. The number of aromatic nitrogens is 1. The molecule has 0 atom stereocenters. The minimum Gasteiger partial charge on any atom is -0.426 e. The summed E-state index contributed by atoms with van der Waals surface area (Å²) < 4.78 is 4.95. The van der Waals surface area contributed by atoms with E-state index < -0.39 is 0 Å². The SMILES string of the molecule is CC(=O)Oc1ccnc(C)c1C. The van der Waals surface area contributed by atoms with E-state index in [1.165, 1.54) is 6.92 Å². The highest BCUT2D eigenvalue weighted by Crippen LogP contribution is 2.18. The van der Waals surface area contributed by atoms with Gasteiger partial charge in [-0.3, -0.25) is 9.78 Å². The van der Waals surface area contributed by atoms with Crippen LogP contribution in [0.5, 0.6) is 5.75 Å². The van der Waals surface area contributed by atoms with E-state index in [-0.39, 0.29) is 5.97 Å². The Labute approximate surface area is 71.4 Å². The minimum atomic E-state index is -0.302. The Kier molecular flexibility index (Phi) is 2.43. The summed E-state index contributed by atoms with van der Waals surface area (Å²) in [4.78, 5) is 14.7. The van der Waals surface area contributed by atoms with Crippen molar-refractivity contribution in [3.8, 4) is 5.75 Å². The highest BCUT2D eigenvalue weighted by atomic mass is 16.5. The zero-order valence-corrected chi connectivity index (χ0v) is 7.42. The number of carbonyl (C=O) groups excluding carboxylic acids is 1. The molecule has 12 heavy (non-hydrogen) atoms. The molecule has 1 heterocycles. The van der Waals surface area contributed by atoms with Gasteiger partial charge in [0.05, 0.1) is 0 Å². The van der Waals surface area contributed by atoms with Gasteiger partial charge < -0.3 is 4.74 Å². The van der Waals surface area contributed by atoms with E-state index in [0.29, 0.717) is 5.75 Å². The number of nitrogens with zero attached hydrogens (tertiary/aromatic N) is 1. The van der Waals surface area contributed by atoms with Crippen LogP contribution in [0.4, 0.5) is 0 Å². The molecule has 0 unspecified atom stereocenters. The van der Waals surface area contributed by atoms with Gasteiger partial charge in [0.2, 0.25) is 0 Å². The molecule has 0 aliphatic rings. The molecule has 0 aliphatic carbocycles. The van der Waals surface area contributed by atoms with E-state index in [1.54, 1.807) is 12.3 Å². The molecule has 1 rings (SSSR count). The second-order valence-corrected chi connectivity index (χ2v) is 2.61. The molecule has 0 fully saturated rings. The fourth-order valence-corrected chi connectivity index (χ4v) is 0.882. The summed E-state index contributed by atoms with van der Waals surface area (Å²) >= 11 is 0. The van der Waals surface area contributed by atoms with Crippen molar-refractivity contribution in [1.82, 2.24) is 4.98 Å². The van der Waals surface area contributed by atoms with Crippen molar-refractivity contribution in [1.29, 1.82) is 0 Å². The van der Waals surface area contributed by atoms with Crippen LogP contribution in [0, 0.1) is 13.8 Å². The number of hydrogen-bond acceptors (Lipinski definition) is 3. The van der Waals surface area contributed by atoms with Gasteiger partial charge in [0, 0.05) is 24.4 Å². The second kappa shape index (κ2) is 3.34. The quantitative estimate of drug-likeness (QED) is 0.593. The largest absolute Gasteiger partial charge is 0.426 e. The predicted octanol–water partition coefficient (Wildman–Crippen LogP) is 1.62. The highest BCUT2D eigenvalue weighted by molar-refractivity contribution is 5.69. The smallest absolute Gasteiger partial charge is 0.308 e. The fraction of sp³-hybridized carbons (Fsp3) is 0.333. The normalized spacial score (nSPS) is 9.58. The van der Waals surface area contributed by atoms with Crippen LogP contribution < -0.4 is 4.74 Å². The summed E-state index contributed by atoms with van der Waals surface area (Å²) in [7, 11) is 0. The van der Waals surface area contributed by atoms with Gasteiger partial charge in [-0.15, -0.1) is 0 Å². The van der Waals surface area contributed by atoms with Crippen LogP contribution in [0.1, 0.15) is 18.2 Å². The van der Waals surface area contributed by atoms with E-state index in [0.717, 1.165) is 11.3 Å². The number of rotatable bonds is 1. The summed E-state index contributed by atoms with van der Waals surface area (Å²) in [6.45, 7) is 5.14. The average molecular weight is 165 g/mol. The third-order valence-corrected chi connectivity index (χ3v) is 1.66. The first-order chi connectivity index (χ1) is 5.61. The Hall–Kier alpha value is -1.38. The molecule has 0 bridgehead atoms. The maximum atomic E-state index is 10.6. The number of ether oxygens (including phenoxy) is 1. The topological polar surface area (TPSA) is 39.2 Å². The third-order valence-electron chi connectivity index (χ3n) is 1.66. The van der Waals surface area contributed by atoms with Crippen LogP contribution in [-0.4, -0.2) is 11.0 Å². The van der Waals surface area contributed by atoms with Crippen molar-refractivity contribution in [3.63, 3.8) is 0 Å². The molecule has 3 heteroatoms. The van der Waals surface area contributed by atoms with Gasteiger partial charge in [-0.05, 0) is 19.9 Å². The monoisotopic (exact) mass is 165 g/mol.